The van der Waals surface area contributed by atoms with Crippen molar-refractivity contribution in [3.05, 3.63) is 6.92 Å². The maximum absolute atomic E-state index is 11.9. The second-order valence-electron chi connectivity index (χ2n) is 4.14. The predicted octanol–water partition coefficient (Wildman–Crippen LogP) is -1.20. The number of hydrogen-bond acceptors (Lipinski definition) is 4. The van der Waals surface area contributed by atoms with E-state index >= 15 is 0 Å². The fourth-order valence-corrected chi connectivity index (χ4v) is 1.47. The van der Waals surface area contributed by atoms with Gasteiger partial charge in [-0.2, -0.15) is 26.0 Å². The van der Waals surface area contributed by atoms with Gasteiger partial charge in [-0.25, -0.2) is 17.6 Å². The Morgan fingerprint density at radius 1 is 1.00 bits per heavy atom. The molecule has 0 saturated carbocycles. The Labute approximate surface area is 162 Å². The van der Waals surface area contributed by atoms with E-state index in [0.29, 0.717) is 0 Å². The van der Waals surface area contributed by atoms with Crippen molar-refractivity contribution in [1.82, 2.24) is 0 Å². The molecule has 0 radical (unpaired) electrons. The van der Waals surface area contributed by atoms with Gasteiger partial charge in [0.15, 0.2) is 11.2 Å². The van der Waals surface area contributed by atoms with E-state index in [1.54, 1.807) is 0 Å². The van der Waals surface area contributed by atoms with Crippen molar-refractivity contribution in [3.63, 3.8) is 0 Å². The average molecular weight is 436 g/mol. The molecule has 26 heavy (non-hydrogen) atoms. The minimum absolute atomic E-state index is 0. The number of rotatable bonds is 7. The second kappa shape index (κ2) is 10.0. The van der Waals surface area contributed by atoms with Crippen molar-refractivity contribution in [3.8, 4) is 0 Å². The van der Waals surface area contributed by atoms with E-state index in [1.807, 2.05) is 0 Å². The van der Waals surface area contributed by atoms with Crippen molar-refractivity contribution < 1.29 is 97.5 Å². The predicted molar refractivity (Wildman–Crippen MR) is 61.4 cm³/mol. The summed E-state index contributed by atoms with van der Waals surface area (Å²) in [5.74, 6) is -21.2. The van der Waals surface area contributed by atoms with Gasteiger partial charge >= 0.3 is 59.8 Å². The number of alkyl halides is 8. The second-order valence-corrected chi connectivity index (χ2v) is 5.74. The van der Waals surface area contributed by atoms with Gasteiger partial charge in [0, 0.05) is 0 Å². The van der Waals surface area contributed by atoms with Gasteiger partial charge in [0.05, 0.1) is 6.42 Å². The average Bonchev–Trinajstić information content (AvgIpc) is 2.33. The number of carboxylic acids is 2. The normalized spacial score (nSPS) is 14.0. The van der Waals surface area contributed by atoms with Gasteiger partial charge in [-0.15, -0.1) is 0 Å². The Kier molecular flexibility index (Phi) is 11.6. The third kappa shape index (κ3) is 8.32. The SMILES string of the molecule is O=C(O)CC(C(=O)O)S(=O)(=O)O.[CH2-]C(F)(F)C(F)(F)C(F)(F)C(F)F.[Na+]. The summed E-state index contributed by atoms with van der Waals surface area (Å²) in [6.07, 6.45) is -6.04. The zero-order chi connectivity index (χ0) is 21.0. The summed E-state index contributed by atoms with van der Waals surface area (Å²) in [5.41, 5.74) is 0. The first-order valence-corrected chi connectivity index (χ1v) is 6.87. The molecule has 1 atom stereocenters. The summed E-state index contributed by atoms with van der Waals surface area (Å²) in [6, 6.07) is 0. The number of aliphatic carboxylic acids is 2. The minimum Gasteiger partial charge on any atom is -0.481 e. The van der Waals surface area contributed by atoms with Gasteiger partial charge in [0.25, 0.3) is 10.1 Å². The largest absolute Gasteiger partial charge is 1.00 e. The van der Waals surface area contributed by atoms with E-state index in [9.17, 15) is 53.1 Å². The van der Waals surface area contributed by atoms with Crippen LogP contribution in [0.15, 0.2) is 0 Å². The summed E-state index contributed by atoms with van der Waals surface area (Å²) in [6.45, 7) is 1.39. The molecule has 150 valence electrons. The van der Waals surface area contributed by atoms with Crippen LogP contribution in [0.2, 0.25) is 0 Å². The van der Waals surface area contributed by atoms with E-state index < -0.39 is 57.9 Å². The first kappa shape index (κ1) is 30.0. The Morgan fingerprint density at radius 2 is 1.35 bits per heavy atom. The molecule has 7 nitrogen and oxygen atoms in total. The van der Waals surface area contributed by atoms with Crippen LogP contribution < -0.4 is 29.6 Å². The van der Waals surface area contributed by atoms with E-state index in [-0.39, 0.29) is 29.6 Å². The van der Waals surface area contributed by atoms with Gasteiger partial charge in [-0.05, 0) is 0 Å². The number of carbonyl (C=O) groups is 2. The third-order valence-electron chi connectivity index (χ3n) is 2.15. The van der Waals surface area contributed by atoms with Gasteiger partial charge in [-0.1, -0.05) is 0 Å². The molecule has 3 N–H and O–H groups in total. The smallest absolute Gasteiger partial charge is 0.481 e. The van der Waals surface area contributed by atoms with Crippen LogP contribution >= 0.6 is 0 Å². The van der Waals surface area contributed by atoms with Crippen molar-refractivity contribution in [2.75, 3.05) is 0 Å². The molecule has 1 unspecified atom stereocenters. The molecule has 0 amide bonds. The molecule has 0 saturated heterocycles. The Hall–Kier alpha value is -0.710. The van der Waals surface area contributed by atoms with Gasteiger partial charge < -0.3 is 10.2 Å². The van der Waals surface area contributed by atoms with Crippen molar-refractivity contribution >= 4 is 22.1 Å². The molecule has 0 spiro atoms. The van der Waals surface area contributed by atoms with Crippen molar-refractivity contribution in [2.24, 2.45) is 0 Å². The van der Waals surface area contributed by atoms with E-state index in [0.717, 1.165) is 0 Å². The van der Waals surface area contributed by atoms with Crippen LogP contribution in [0.5, 0.6) is 0 Å². The van der Waals surface area contributed by atoms with Crippen LogP contribution in [-0.4, -0.2) is 64.6 Å². The molecule has 0 aliphatic rings. The first-order chi connectivity index (χ1) is 10.7. The van der Waals surface area contributed by atoms with E-state index in [4.69, 9.17) is 14.8 Å². The number of hydrogen-bond donors (Lipinski definition) is 3. The van der Waals surface area contributed by atoms with Crippen molar-refractivity contribution in [1.29, 1.82) is 0 Å². The molecule has 0 aliphatic carbocycles. The topological polar surface area (TPSA) is 129 Å². The van der Waals surface area contributed by atoms with Crippen LogP contribution in [0.4, 0.5) is 35.1 Å². The Bertz CT molecular complexity index is 589. The summed E-state index contributed by atoms with van der Waals surface area (Å²) in [4.78, 5) is 20.0. The molecule has 0 heterocycles. The summed E-state index contributed by atoms with van der Waals surface area (Å²) in [7, 11) is -4.84. The molecular weight excluding hydrogens is 427 g/mol. The molecule has 0 fully saturated rings. The summed E-state index contributed by atoms with van der Waals surface area (Å²) < 4.78 is 122. The monoisotopic (exact) mass is 436 g/mol. The van der Waals surface area contributed by atoms with Gasteiger partial charge in [-0.3, -0.25) is 21.1 Å². The first-order valence-electron chi connectivity index (χ1n) is 5.37. The third-order valence-corrected chi connectivity index (χ3v) is 3.23. The molecule has 17 heteroatoms. The maximum atomic E-state index is 11.9. The summed E-state index contributed by atoms with van der Waals surface area (Å²) >= 11 is 0. The Balaban J connectivity index is -0.000000393. The van der Waals surface area contributed by atoms with E-state index in [2.05, 4.69) is 0 Å². The van der Waals surface area contributed by atoms with Crippen LogP contribution in [0, 0.1) is 6.92 Å². The molecule has 0 aliphatic heterocycles. The molecule has 0 bridgehead atoms. The molecular formula is C9H9F8NaO7S. The summed E-state index contributed by atoms with van der Waals surface area (Å²) in [5, 5.41) is 13.9. The van der Waals surface area contributed by atoms with Gasteiger partial charge in [0.2, 0.25) is 0 Å². The van der Waals surface area contributed by atoms with Crippen LogP contribution in [0.1, 0.15) is 6.42 Å². The zero-order valence-electron chi connectivity index (χ0n) is 12.5. The Morgan fingerprint density at radius 3 is 1.42 bits per heavy atom. The molecule has 0 aromatic carbocycles. The zero-order valence-corrected chi connectivity index (χ0v) is 15.3. The molecule has 0 aromatic heterocycles. The fraction of sp³-hybridized carbons (Fsp3) is 0.667. The quantitative estimate of drug-likeness (QED) is 0.198. The molecule has 0 rings (SSSR count). The van der Waals surface area contributed by atoms with Crippen LogP contribution in [-0.2, 0) is 19.7 Å². The number of carboxylic acid groups (broad SMARTS) is 2. The van der Waals surface area contributed by atoms with Crippen LogP contribution in [0.3, 0.4) is 0 Å². The number of halogens is 8. The fourth-order valence-electron chi connectivity index (χ4n) is 0.859. The van der Waals surface area contributed by atoms with E-state index in [1.165, 1.54) is 6.92 Å². The standard InChI is InChI=1S/C5H3F8.C4H6O7S.Na/c1-3(8,9)5(12,13)4(10,11)2(6)7;5-3(6)1-2(4(7)8)12(9,10)11;/h2H,1H2;2H,1H2,(H,5,6)(H,7,8)(H,9,10,11);/q-1;;+1. The van der Waals surface area contributed by atoms with Crippen molar-refractivity contribution in [2.45, 2.75) is 35.9 Å². The van der Waals surface area contributed by atoms with Crippen LogP contribution in [0.25, 0.3) is 0 Å². The van der Waals surface area contributed by atoms with Gasteiger partial charge in [0.1, 0.15) is 0 Å². The maximum Gasteiger partial charge on any atom is 1.00 e. The molecule has 0 aromatic rings. The minimum atomic E-state index is -6.17.